The fourth-order valence-corrected chi connectivity index (χ4v) is 3.69. The van der Waals surface area contributed by atoms with Crippen molar-refractivity contribution in [1.29, 1.82) is 5.26 Å². The number of nitriles is 1. The summed E-state index contributed by atoms with van der Waals surface area (Å²) in [5, 5.41) is 18.7. The first-order valence-corrected chi connectivity index (χ1v) is 11.3. The van der Waals surface area contributed by atoms with Gasteiger partial charge in [-0.15, -0.1) is 10.2 Å². The van der Waals surface area contributed by atoms with Crippen LogP contribution in [0.4, 0.5) is 0 Å². The molecule has 0 atom stereocenters. The summed E-state index contributed by atoms with van der Waals surface area (Å²) >= 11 is 0. The lowest BCUT2D eigenvalue weighted by Gasteiger charge is -2.22. The minimum atomic E-state index is 0.639. The lowest BCUT2D eigenvalue weighted by molar-refractivity contribution is 0.0970. The molecule has 0 aliphatic carbocycles. The number of rotatable bonds is 11. The topological polar surface area (TPSA) is 79.9 Å². The summed E-state index contributed by atoms with van der Waals surface area (Å²) in [5.41, 5.74) is 3.77. The lowest BCUT2D eigenvalue weighted by Crippen LogP contribution is -2.29. The van der Waals surface area contributed by atoms with E-state index < -0.39 is 0 Å². The van der Waals surface area contributed by atoms with E-state index in [0.717, 1.165) is 47.6 Å². The number of hydrogen-bond acceptors (Lipinski definition) is 6. The number of para-hydroxylation sites is 1. The predicted octanol–water partition coefficient (Wildman–Crippen LogP) is 4.18. The highest BCUT2D eigenvalue weighted by atomic mass is 16.5. The first-order valence-electron chi connectivity index (χ1n) is 11.3. The molecule has 0 bridgehead atoms. The highest BCUT2D eigenvalue weighted by Gasteiger charge is 2.14. The molecular weight excluding hydrogens is 412 g/mol. The van der Waals surface area contributed by atoms with E-state index in [1.54, 1.807) is 6.33 Å². The highest BCUT2D eigenvalue weighted by molar-refractivity contribution is 5.78. The molecule has 2 aromatic heterocycles. The molecule has 0 radical (unpaired) electrons. The van der Waals surface area contributed by atoms with Crippen LogP contribution >= 0.6 is 0 Å². The Morgan fingerprint density at radius 2 is 1.85 bits per heavy atom. The van der Waals surface area contributed by atoms with E-state index >= 15 is 0 Å². The number of ether oxygens (including phenoxy) is 1. The van der Waals surface area contributed by atoms with E-state index in [9.17, 15) is 0 Å². The normalized spacial score (nSPS) is 11.2. The molecule has 7 heteroatoms. The Hall–Kier alpha value is -3.60. The van der Waals surface area contributed by atoms with Crippen molar-refractivity contribution >= 4 is 10.9 Å². The van der Waals surface area contributed by atoms with Gasteiger partial charge in [-0.1, -0.05) is 43.3 Å². The van der Waals surface area contributed by atoms with Gasteiger partial charge in [0.15, 0.2) is 0 Å². The van der Waals surface area contributed by atoms with Crippen LogP contribution in [0.2, 0.25) is 0 Å². The fraction of sp³-hybridized carbons (Fsp3) is 0.308. The van der Waals surface area contributed by atoms with E-state index in [2.05, 4.69) is 50.9 Å². The molecule has 2 heterocycles. The predicted molar refractivity (Wildman–Crippen MR) is 127 cm³/mol. The van der Waals surface area contributed by atoms with Crippen LogP contribution in [-0.4, -0.2) is 44.4 Å². The van der Waals surface area contributed by atoms with Crippen LogP contribution in [0.1, 0.15) is 36.0 Å². The Morgan fingerprint density at radius 1 is 1.00 bits per heavy atom. The van der Waals surface area contributed by atoms with Gasteiger partial charge >= 0.3 is 0 Å². The van der Waals surface area contributed by atoms with Gasteiger partial charge in [-0.2, -0.15) is 5.26 Å². The van der Waals surface area contributed by atoms with Crippen LogP contribution in [0.15, 0.2) is 67.0 Å². The minimum absolute atomic E-state index is 0.639. The number of pyridine rings is 1. The summed E-state index contributed by atoms with van der Waals surface area (Å²) in [6.45, 7) is 6.30. The van der Waals surface area contributed by atoms with Crippen molar-refractivity contribution in [2.45, 2.75) is 33.0 Å². The summed E-state index contributed by atoms with van der Waals surface area (Å²) in [7, 11) is 0. The Labute approximate surface area is 194 Å². The van der Waals surface area contributed by atoms with E-state index in [1.807, 2.05) is 42.5 Å². The van der Waals surface area contributed by atoms with E-state index in [1.165, 1.54) is 0 Å². The smallest absolute Gasteiger partial charge is 0.147 e. The third-order valence-corrected chi connectivity index (χ3v) is 5.44. The maximum Gasteiger partial charge on any atom is 0.147 e. The number of aromatic nitrogens is 4. The summed E-state index contributed by atoms with van der Waals surface area (Å²) in [6, 6.07) is 22.1. The molecule has 4 rings (SSSR count). The Bertz CT molecular complexity index is 1210. The van der Waals surface area contributed by atoms with Crippen LogP contribution in [0.5, 0.6) is 0 Å². The standard InChI is InChI=1S/C26H28N6O/c1-2-14-33-15-13-31(18-24-12-11-23-5-3-4-6-25(23)29-24)19-26-30-28-20-32(26)17-22-9-7-21(16-27)8-10-22/h3-12,20H,2,13-15,17-19H2,1H3. The molecule has 0 aliphatic heterocycles. The van der Waals surface area contributed by atoms with Crippen LogP contribution in [0, 0.1) is 11.3 Å². The average molecular weight is 441 g/mol. The minimum Gasteiger partial charge on any atom is -0.380 e. The second-order valence-corrected chi connectivity index (χ2v) is 8.00. The van der Waals surface area contributed by atoms with Gasteiger partial charge in [0.1, 0.15) is 12.2 Å². The zero-order valence-corrected chi connectivity index (χ0v) is 18.9. The van der Waals surface area contributed by atoms with Crippen molar-refractivity contribution in [3.8, 4) is 6.07 Å². The maximum atomic E-state index is 9.02. The maximum absolute atomic E-state index is 9.02. The van der Waals surface area contributed by atoms with Crippen molar-refractivity contribution in [3.63, 3.8) is 0 Å². The molecule has 2 aromatic carbocycles. The Balaban J connectivity index is 1.48. The SMILES string of the molecule is CCCOCCN(Cc1ccc2ccccc2n1)Cc1nncn1Cc1ccc(C#N)cc1. The van der Waals surface area contributed by atoms with Crippen LogP contribution in [0.3, 0.4) is 0 Å². The summed E-state index contributed by atoms with van der Waals surface area (Å²) in [4.78, 5) is 7.14. The van der Waals surface area contributed by atoms with Crippen molar-refractivity contribution in [2.24, 2.45) is 0 Å². The molecule has 0 fully saturated rings. The van der Waals surface area contributed by atoms with Gasteiger partial charge in [-0.25, -0.2) is 0 Å². The molecule has 0 unspecified atom stereocenters. The average Bonchev–Trinajstić information content (AvgIpc) is 3.28. The molecule has 0 saturated heterocycles. The van der Waals surface area contributed by atoms with Gasteiger partial charge < -0.3 is 9.30 Å². The molecule has 0 saturated carbocycles. The first-order chi connectivity index (χ1) is 16.2. The van der Waals surface area contributed by atoms with Gasteiger partial charge in [-0.3, -0.25) is 9.88 Å². The van der Waals surface area contributed by atoms with Crippen LogP contribution in [-0.2, 0) is 24.4 Å². The highest BCUT2D eigenvalue weighted by Crippen LogP contribution is 2.15. The number of nitrogens with zero attached hydrogens (tertiary/aromatic N) is 6. The monoisotopic (exact) mass is 440 g/mol. The second-order valence-electron chi connectivity index (χ2n) is 8.00. The van der Waals surface area contributed by atoms with Crippen molar-refractivity contribution < 1.29 is 4.74 Å². The Morgan fingerprint density at radius 3 is 2.67 bits per heavy atom. The van der Waals surface area contributed by atoms with E-state index in [-0.39, 0.29) is 0 Å². The van der Waals surface area contributed by atoms with E-state index in [4.69, 9.17) is 15.0 Å². The number of hydrogen-bond donors (Lipinski definition) is 0. The number of benzene rings is 2. The summed E-state index contributed by atoms with van der Waals surface area (Å²) < 4.78 is 7.81. The van der Waals surface area contributed by atoms with Crippen LogP contribution in [0.25, 0.3) is 10.9 Å². The largest absolute Gasteiger partial charge is 0.380 e. The van der Waals surface area contributed by atoms with Gasteiger partial charge in [0.25, 0.3) is 0 Å². The summed E-state index contributed by atoms with van der Waals surface area (Å²) in [5.74, 6) is 0.885. The molecule has 4 aromatic rings. The molecule has 0 spiro atoms. The molecular formula is C26H28N6O. The van der Waals surface area contributed by atoms with Gasteiger partial charge in [0.2, 0.25) is 0 Å². The lowest BCUT2D eigenvalue weighted by atomic mass is 10.1. The van der Waals surface area contributed by atoms with Gasteiger partial charge in [0.05, 0.1) is 42.5 Å². The second kappa shape index (κ2) is 11.3. The van der Waals surface area contributed by atoms with E-state index in [0.29, 0.717) is 31.8 Å². The zero-order valence-electron chi connectivity index (χ0n) is 18.9. The Kier molecular flexibility index (Phi) is 7.75. The van der Waals surface area contributed by atoms with Crippen molar-refractivity contribution in [3.05, 3.63) is 89.6 Å². The molecule has 0 amide bonds. The fourth-order valence-electron chi connectivity index (χ4n) is 3.69. The number of fused-ring (bicyclic) bond motifs is 1. The summed E-state index contributed by atoms with van der Waals surface area (Å²) in [6.07, 6.45) is 2.76. The zero-order chi connectivity index (χ0) is 22.9. The molecule has 33 heavy (non-hydrogen) atoms. The molecule has 0 aliphatic rings. The van der Waals surface area contributed by atoms with Gasteiger partial charge in [0, 0.05) is 25.1 Å². The van der Waals surface area contributed by atoms with Gasteiger partial charge in [-0.05, 0) is 36.2 Å². The molecule has 7 nitrogen and oxygen atoms in total. The third-order valence-electron chi connectivity index (χ3n) is 5.44. The van der Waals surface area contributed by atoms with Crippen molar-refractivity contribution in [1.82, 2.24) is 24.6 Å². The third kappa shape index (κ3) is 6.22. The van der Waals surface area contributed by atoms with Crippen LogP contribution < -0.4 is 0 Å². The molecule has 168 valence electrons. The quantitative estimate of drug-likeness (QED) is 0.326. The van der Waals surface area contributed by atoms with Crippen molar-refractivity contribution in [2.75, 3.05) is 19.8 Å². The first kappa shape index (κ1) is 22.6. The molecule has 0 N–H and O–H groups in total.